The van der Waals surface area contributed by atoms with Crippen molar-refractivity contribution in [3.63, 3.8) is 0 Å². The highest BCUT2D eigenvalue weighted by Gasteiger charge is 2.36. The number of aromatic nitrogens is 2. The van der Waals surface area contributed by atoms with Crippen molar-refractivity contribution in [1.29, 1.82) is 0 Å². The SMILES string of the molecule is O=C(O)c1nn2c(C(F)(F)F)cccc2c1C(=O)O. The molecule has 6 nitrogen and oxygen atoms in total. The van der Waals surface area contributed by atoms with Crippen molar-refractivity contribution in [3.8, 4) is 0 Å². The van der Waals surface area contributed by atoms with Crippen LogP contribution in [0.4, 0.5) is 13.2 Å². The standard InChI is InChI=1S/C10H5F3N2O4/c11-10(12,13)5-3-1-2-4-6(8(16)17)7(9(18)19)14-15(4)5/h1-3H,(H,16,17)(H,18,19). The number of aromatic carboxylic acids is 2. The molecule has 2 N–H and O–H groups in total. The summed E-state index contributed by atoms with van der Waals surface area (Å²) in [6.45, 7) is 0. The Morgan fingerprint density at radius 3 is 2.26 bits per heavy atom. The van der Waals surface area contributed by atoms with Crippen LogP contribution >= 0.6 is 0 Å². The molecule has 0 radical (unpaired) electrons. The van der Waals surface area contributed by atoms with Gasteiger partial charge in [-0.1, -0.05) is 6.07 Å². The van der Waals surface area contributed by atoms with E-state index in [0.29, 0.717) is 6.07 Å². The van der Waals surface area contributed by atoms with Crippen molar-refractivity contribution in [2.24, 2.45) is 0 Å². The minimum absolute atomic E-state index is 0.271. The van der Waals surface area contributed by atoms with E-state index in [9.17, 15) is 22.8 Å². The van der Waals surface area contributed by atoms with E-state index >= 15 is 0 Å². The van der Waals surface area contributed by atoms with Gasteiger partial charge in [-0.05, 0) is 12.1 Å². The van der Waals surface area contributed by atoms with Gasteiger partial charge in [0.1, 0.15) is 11.3 Å². The van der Waals surface area contributed by atoms with Crippen LogP contribution < -0.4 is 0 Å². The molecule has 9 heteroatoms. The molecule has 0 aliphatic carbocycles. The highest BCUT2D eigenvalue weighted by molar-refractivity contribution is 6.05. The maximum absolute atomic E-state index is 12.7. The minimum Gasteiger partial charge on any atom is -0.478 e. The number of pyridine rings is 1. The Kier molecular flexibility index (Phi) is 2.69. The normalized spacial score (nSPS) is 11.7. The van der Waals surface area contributed by atoms with Crippen LogP contribution in [-0.2, 0) is 6.18 Å². The number of alkyl halides is 3. The summed E-state index contributed by atoms with van der Waals surface area (Å²) in [4.78, 5) is 21.8. The molecule has 0 atom stereocenters. The average molecular weight is 274 g/mol. The zero-order chi connectivity index (χ0) is 14.4. The van der Waals surface area contributed by atoms with Crippen LogP contribution in [0.3, 0.4) is 0 Å². The topological polar surface area (TPSA) is 91.9 Å². The van der Waals surface area contributed by atoms with Gasteiger partial charge in [0.15, 0.2) is 5.69 Å². The summed E-state index contributed by atoms with van der Waals surface area (Å²) in [5, 5.41) is 20.9. The zero-order valence-electron chi connectivity index (χ0n) is 8.97. The van der Waals surface area contributed by atoms with Crippen molar-refractivity contribution in [2.45, 2.75) is 6.18 Å². The second-order valence-corrected chi connectivity index (χ2v) is 3.54. The first-order valence-electron chi connectivity index (χ1n) is 4.79. The molecule has 0 aliphatic heterocycles. The van der Waals surface area contributed by atoms with E-state index in [2.05, 4.69) is 5.10 Å². The Morgan fingerprint density at radius 1 is 1.16 bits per heavy atom. The summed E-state index contributed by atoms with van der Waals surface area (Å²) >= 11 is 0. The van der Waals surface area contributed by atoms with Crippen LogP contribution in [0.25, 0.3) is 5.52 Å². The number of hydrogen-bond acceptors (Lipinski definition) is 3. The molecule has 19 heavy (non-hydrogen) atoms. The predicted octanol–water partition coefficient (Wildman–Crippen LogP) is 1.75. The first-order chi connectivity index (χ1) is 8.73. The van der Waals surface area contributed by atoms with Crippen LogP contribution in [0.1, 0.15) is 26.5 Å². The van der Waals surface area contributed by atoms with Crippen LogP contribution in [0.5, 0.6) is 0 Å². The summed E-state index contributed by atoms with van der Waals surface area (Å²) in [6, 6.07) is 2.72. The third kappa shape index (κ3) is 1.98. The number of carboxylic acids is 2. The molecule has 0 amide bonds. The van der Waals surface area contributed by atoms with Gasteiger partial charge in [-0.25, -0.2) is 14.1 Å². The number of carboxylic acid groups (broad SMARTS) is 2. The number of halogens is 3. The third-order valence-electron chi connectivity index (χ3n) is 2.36. The van der Waals surface area contributed by atoms with Gasteiger partial charge in [-0.2, -0.15) is 18.3 Å². The van der Waals surface area contributed by atoms with Crippen LogP contribution in [0, 0.1) is 0 Å². The van der Waals surface area contributed by atoms with Gasteiger partial charge in [-0.15, -0.1) is 0 Å². The molecule has 2 heterocycles. The van der Waals surface area contributed by atoms with Crippen molar-refractivity contribution in [1.82, 2.24) is 9.61 Å². The van der Waals surface area contributed by atoms with Crippen molar-refractivity contribution < 1.29 is 33.0 Å². The van der Waals surface area contributed by atoms with Gasteiger partial charge >= 0.3 is 18.1 Å². The van der Waals surface area contributed by atoms with E-state index in [0.717, 1.165) is 12.1 Å². The van der Waals surface area contributed by atoms with Crippen molar-refractivity contribution in [2.75, 3.05) is 0 Å². The highest BCUT2D eigenvalue weighted by atomic mass is 19.4. The van der Waals surface area contributed by atoms with E-state index in [1.807, 2.05) is 0 Å². The van der Waals surface area contributed by atoms with Gasteiger partial charge in [0.05, 0.1) is 5.52 Å². The average Bonchev–Trinajstić information content (AvgIpc) is 2.66. The molecule has 0 bridgehead atoms. The molecule has 2 aromatic rings. The Hall–Kier alpha value is -2.58. The number of rotatable bonds is 2. The zero-order valence-corrected chi connectivity index (χ0v) is 8.97. The summed E-state index contributed by atoms with van der Waals surface area (Å²) < 4.78 is 38.4. The third-order valence-corrected chi connectivity index (χ3v) is 2.36. The summed E-state index contributed by atoms with van der Waals surface area (Å²) in [5.41, 5.74) is -3.40. The van der Waals surface area contributed by atoms with Crippen LogP contribution in [0.2, 0.25) is 0 Å². The maximum Gasteiger partial charge on any atom is 0.433 e. The van der Waals surface area contributed by atoms with E-state index in [4.69, 9.17) is 10.2 Å². The van der Waals surface area contributed by atoms with Crippen LogP contribution in [0.15, 0.2) is 18.2 Å². The number of fused-ring (bicyclic) bond motifs is 1. The molecule has 0 fully saturated rings. The molecule has 2 rings (SSSR count). The van der Waals surface area contributed by atoms with E-state index in [1.165, 1.54) is 0 Å². The number of carbonyl (C=O) groups is 2. The monoisotopic (exact) mass is 274 g/mol. The van der Waals surface area contributed by atoms with E-state index in [1.54, 1.807) is 0 Å². The molecular formula is C10H5F3N2O4. The van der Waals surface area contributed by atoms with E-state index in [-0.39, 0.29) is 4.52 Å². The molecule has 2 aromatic heterocycles. The molecule has 0 saturated heterocycles. The molecule has 0 aromatic carbocycles. The minimum atomic E-state index is -4.78. The van der Waals surface area contributed by atoms with Gasteiger partial charge in [-0.3, -0.25) is 0 Å². The fourth-order valence-corrected chi connectivity index (χ4v) is 1.64. The lowest BCUT2D eigenvalue weighted by molar-refractivity contribution is -0.142. The second kappa shape index (κ2) is 3.97. The van der Waals surface area contributed by atoms with E-state index < -0.39 is 40.6 Å². The Labute approximate surface area is 102 Å². The molecule has 100 valence electrons. The number of nitrogens with zero attached hydrogens (tertiary/aromatic N) is 2. The summed E-state index contributed by atoms with van der Waals surface area (Å²) in [5.74, 6) is -3.37. The summed E-state index contributed by atoms with van der Waals surface area (Å²) in [6.07, 6.45) is -4.78. The van der Waals surface area contributed by atoms with Gasteiger partial charge in [0.2, 0.25) is 0 Å². The molecular weight excluding hydrogens is 269 g/mol. The van der Waals surface area contributed by atoms with Crippen LogP contribution in [-0.4, -0.2) is 31.8 Å². The molecule has 0 saturated carbocycles. The predicted molar refractivity (Wildman–Crippen MR) is 54.1 cm³/mol. The molecule has 0 spiro atoms. The molecule has 0 aliphatic rings. The quantitative estimate of drug-likeness (QED) is 0.870. The summed E-state index contributed by atoms with van der Waals surface area (Å²) in [7, 11) is 0. The lowest BCUT2D eigenvalue weighted by Crippen LogP contribution is -2.12. The van der Waals surface area contributed by atoms with Gasteiger partial charge < -0.3 is 10.2 Å². The Bertz CT molecular complexity index is 690. The Balaban J connectivity index is 2.91. The van der Waals surface area contributed by atoms with Gasteiger partial charge in [0, 0.05) is 0 Å². The van der Waals surface area contributed by atoms with Gasteiger partial charge in [0.25, 0.3) is 0 Å². The number of hydrogen-bond donors (Lipinski definition) is 2. The van der Waals surface area contributed by atoms with Crippen molar-refractivity contribution in [3.05, 3.63) is 35.2 Å². The van der Waals surface area contributed by atoms with Crippen molar-refractivity contribution >= 4 is 17.5 Å². The smallest absolute Gasteiger partial charge is 0.433 e. The first-order valence-corrected chi connectivity index (χ1v) is 4.79. The second-order valence-electron chi connectivity index (χ2n) is 3.54. The fourth-order valence-electron chi connectivity index (χ4n) is 1.64. The largest absolute Gasteiger partial charge is 0.478 e. The molecule has 0 unspecified atom stereocenters. The fraction of sp³-hybridized carbons (Fsp3) is 0.100. The maximum atomic E-state index is 12.7. The highest BCUT2D eigenvalue weighted by Crippen LogP contribution is 2.30. The first kappa shape index (κ1) is 12.9. The Morgan fingerprint density at radius 2 is 1.79 bits per heavy atom. The lowest BCUT2D eigenvalue weighted by Gasteiger charge is -2.08. The lowest BCUT2D eigenvalue weighted by atomic mass is 10.2.